The van der Waals surface area contributed by atoms with E-state index in [2.05, 4.69) is 16.0 Å². The molecule has 3 rings (SSSR count). The number of hydrogen-bond donors (Lipinski definition) is 1. The van der Waals surface area contributed by atoms with E-state index in [0.717, 1.165) is 12.0 Å². The van der Waals surface area contributed by atoms with Crippen LogP contribution in [0.25, 0.3) is 0 Å². The summed E-state index contributed by atoms with van der Waals surface area (Å²) >= 11 is 0. The molecule has 1 N–H and O–H groups in total. The standard InChI is InChI=1S/C13H15N3O2S/c1-10-14-8-13(15-10)19(17,18)16-7-6-11-4-2-3-5-12(11)9-16/h2-5,8H,6-7,9H2,1H3,(H,14,15). The molecule has 5 nitrogen and oxygen atoms in total. The lowest BCUT2D eigenvalue weighted by Crippen LogP contribution is -2.36. The third-order valence-electron chi connectivity index (χ3n) is 3.39. The van der Waals surface area contributed by atoms with Crippen molar-refractivity contribution in [3.8, 4) is 0 Å². The number of nitrogens with one attached hydrogen (secondary N) is 1. The van der Waals surface area contributed by atoms with Crippen molar-refractivity contribution in [2.45, 2.75) is 24.9 Å². The minimum Gasteiger partial charge on any atom is -0.332 e. The summed E-state index contributed by atoms with van der Waals surface area (Å²) in [4.78, 5) is 6.76. The number of nitrogens with zero attached hydrogens (tertiary/aromatic N) is 2. The fourth-order valence-corrected chi connectivity index (χ4v) is 3.72. The van der Waals surface area contributed by atoms with Crippen molar-refractivity contribution in [3.05, 3.63) is 47.4 Å². The van der Waals surface area contributed by atoms with Crippen molar-refractivity contribution < 1.29 is 8.42 Å². The molecule has 100 valence electrons. The van der Waals surface area contributed by atoms with Crippen LogP contribution < -0.4 is 0 Å². The Kier molecular flexibility index (Phi) is 2.91. The molecule has 0 fully saturated rings. The normalized spacial score (nSPS) is 16.3. The fourth-order valence-electron chi connectivity index (χ4n) is 2.34. The third kappa shape index (κ3) is 2.17. The monoisotopic (exact) mass is 277 g/mol. The number of H-pyrrole nitrogens is 1. The zero-order valence-corrected chi connectivity index (χ0v) is 11.4. The number of fused-ring (bicyclic) bond motifs is 1. The first-order valence-electron chi connectivity index (χ1n) is 6.16. The summed E-state index contributed by atoms with van der Waals surface area (Å²) in [5.74, 6) is 0.607. The summed E-state index contributed by atoms with van der Waals surface area (Å²) in [6.07, 6.45) is 2.13. The lowest BCUT2D eigenvalue weighted by molar-refractivity contribution is 0.390. The first-order valence-corrected chi connectivity index (χ1v) is 7.60. The summed E-state index contributed by atoms with van der Waals surface area (Å²) in [6.45, 7) is 2.68. The van der Waals surface area contributed by atoms with Crippen LogP contribution in [0.1, 0.15) is 17.0 Å². The van der Waals surface area contributed by atoms with Crippen LogP contribution in [0.2, 0.25) is 0 Å². The van der Waals surface area contributed by atoms with Gasteiger partial charge >= 0.3 is 0 Å². The molecule has 6 heteroatoms. The number of sulfonamides is 1. The zero-order valence-electron chi connectivity index (χ0n) is 10.6. The van der Waals surface area contributed by atoms with E-state index in [4.69, 9.17) is 0 Å². The Labute approximate surface area is 112 Å². The maximum Gasteiger partial charge on any atom is 0.260 e. The molecule has 2 heterocycles. The van der Waals surface area contributed by atoms with Gasteiger partial charge in [-0.2, -0.15) is 4.31 Å². The van der Waals surface area contributed by atoms with E-state index in [1.165, 1.54) is 16.1 Å². The Bertz CT molecular complexity index is 706. The number of hydrogen-bond acceptors (Lipinski definition) is 3. The Morgan fingerprint density at radius 3 is 2.68 bits per heavy atom. The van der Waals surface area contributed by atoms with E-state index in [1.54, 1.807) is 6.92 Å². The highest BCUT2D eigenvalue weighted by Gasteiger charge is 2.29. The smallest absolute Gasteiger partial charge is 0.260 e. The van der Waals surface area contributed by atoms with E-state index in [9.17, 15) is 8.42 Å². The zero-order chi connectivity index (χ0) is 13.5. The maximum atomic E-state index is 12.5. The van der Waals surface area contributed by atoms with Crippen molar-refractivity contribution in [2.75, 3.05) is 6.54 Å². The quantitative estimate of drug-likeness (QED) is 0.904. The second-order valence-electron chi connectivity index (χ2n) is 4.69. The van der Waals surface area contributed by atoms with Crippen molar-refractivity contribution >= 4 is 10.0 Å². The van der Waals surface area contributed by atoms with Gasteiger partial charge in [0.2, 0.25) is 0 Å². The molecule has 0 unspecified atom stereocenters. The largest absolute Gasteiger partial charge is 0.332 e. The van der Waals surface area contributed by atoms with Crippen LogP contribution in [-0.4, -0.2) is 29.2 Å². The van der Waals surface area contributed by atoms with Crippen LogP contribution in [0.4, 0.5) is 0 Å². The average molecular weight is 277 g/mol. The molecule has 1 aromatic carbocycles. The first-order chi connectivity index (χ1) is 9.07. The number of benzene rings is 1. The molecule has 1 aliphatic heterocycles. The molecule has 0 radical (unpaired) electrons. The minimum absolute atomic E-state index is 0.171. The van der Waals surface area contributed by atoms with Gasteiger partial charge in [0.25, 0.3) is 10.0 Å². The van der Waals surface area contributed by atoms with E-state index in [-0.39, 0.29) is 5.03 Å². The third-order valence-corrected chi connectivity index (χ3v) is 5.15. The molecule has 2 aromatic rings. The molecule has 0 spiro atoms. The van der Waals surface area contributed by atoms with Gasteiger partial charge in [0.05, 0.1) is 6.20 Å². The Balaban J connectivity index is 1.93. The van der Waals surface area contributed by atoms with Gasteiger partial charge in [-0.1, -0.05) is 24.3 Å². The Morgan fingerprint density at radius 2 is 2.00 bits per heavy atom. The lowest BCUT2D eigenvalue weighted by Gasteiger charge is -2.27. The van der Waals surface area contributed by atoms with Gasteiger partial charge in [-0.25, -0.2) is 13.4 Å². The molecular weight excluding hydrogens is 262 g/mol. The van der Waals surface area contributed by atoms with Crippen LogP contribution in [0.15, 0.2) is 35.5 Å². The van der Waals surface area contributed by atoms with Gasteiger partial charge in [0.15, 0.2) is 5.03 Å². The highest BCUT2D eigenvalue weighted by atomic mass is 32.2. The molecule has 0 bridgehead atoms. The summed E-state index contributed by atoms with van der Waals surface area (Å²) < 4.78 is 26.4. The Hall–Kier alpha value is -1.66. The van der Waals surface area contributed by atoms with Gasteiger partial charge in [-0.3, -0.25) is 0 Å². The minimum atomic E-state index is -3.47. The van der Waals surface area contributed by atoms with Crippen LogP contribution in [-0.2, 0) is 23.0 Å². The van der Waals surface area contributed by atoms with Gasteiger partial charge in [-0.05, 0) is 24.5 Å². The molecule has 19 heavy (non-hydrogen) atoms. The molecule has 0 aliphatic carbocycles. The maximum absolute atomic E-state index is 12.5. The summed E-state index contributed by atoms with van der Waals surface area (Å²) in [6, 6.07) is 7.96. The molecule has 0 amide bonds. The topological polar surface area (TPSA) is 66.1 Å². The van der Waals surface area contributed by atoms with Crippen LogP contribution >= 0.6 is 0 Å². The molecule has 0 saturated heterocycles. The highest BCUT2D eigenvalue weighted by molar-refractivity contribution is 7.89. The van der Waals surface area contributed by atoms with Crippen LogP contribution in [0, 0.1) is 6.92 Å². The highest BCUT2D eigenvalue weighted by Crippen LogP contribution is 2.23. The molecule has 0 saturated carbocycles. The van der Waals surface area contributed by atoms with E-state index < -0.39 is 10.0 Å². The van der Waals surface area contributed by atoms with Crippen molar-refractivity contribution in [1.82, 2.24) is 14.3 Å². The van der Waals surface area contributed by atoms with Gasteiger partial charge in [0, 0.05) is 13.1 Å². The van der Waals surface area contributed by atoms with Crippen molar-refractivity contribution in [2.24, 2.45) is 0 Å². The van der Waals surface area contributed by atoms with Crippen LogP contribution in [0.3, 0.4) is 0 Å². The molecular formula is C13H15N3O2S. The average Bonchev–Trinajstić information content (AvgIpc) is 2.85. The van der Waals surface area contributed by atoms with Crippen LogP contribution in [0.5, 0.6) is 0 Å². The molecule has 0 atom stereocenters. The van der Waals surface area contributed by atoms with Gasteiger partial charge in [-0.15, -0.1) is 0 Å². The second-order valence-corrected chi connectivity index (χ2v) is 6.60. The SMILES string of the molecule is Cc1ncc(S(=O)(=O)N2CCc3ccccc3C2)[nH]1. The first kappa shape index (κ1) is 12.4. The summed E-state index contributed by atoms with van der Waals surface area (Å²) in [5, 5.41) is 0.171. The lowest BCUT2D eigenvalue weighted by atomic mass is 10.0. The predicted octanol–water partition coefficient (Wildman–Crippen LogP) is 1.47. The van der Waals surface area contributed by atoms with Crippen molar-refractivity contribution in [1.29, 1.82) is 0 Å². The molecule has 1 aliphatic rings. The number of rotatable bonds is 2. The van der Waals surface area contributed by atoms with E-state index >= 15 is 0 Å². The Morgan fingerprint density at radius 1 is 1.26 bits per heavy atom. The predicted molar refractivity (Wildman–Crippen MR) is 71.1 cm³/mol. The summed E-state index contributed by atoms with van der Waals surface area (Å²) in [7, 11) is -3.47. The number of aromatic nitrogens is 2. The second kappa shape index (κ2) is 4.47. The molecule has 1 aromatic heterocycles. The van der Waals surface area contributed by atoms with Gasteiger partial charge in [0.1, 0.15) is 5.82 Å². The number of aromatic amines is 1. The number of aryl methyl sites for hydroxylation is 1. The van der Waals surface area contributed by atoms with E-state index in [0.29, 0.717) is 18.9 Å². The number of imidazole rings is 1. The fraction of sp³-hybridized carbons (Fsp3) is 0.308. The van der Waals surface area contributed by atoms with Gasteiger partial charge < -0.3 is 4.98 Å². The van der Waals surface area contributed by atoms with Crippen molar-refractivity contribution in [3.63, 3.8) is 0 Å². The summed E-state index contributed by atoms with van der Waals surface area (Å²) in [5.41, 5.74) is 2.31. The van der Waals surface area contributed by atoms with E-state index in [1.807, 2.05) is 18.2 Å².